The summed E-state index contributed by atoms with van der Waals surface area (Å²) in [6, 6.07) is 5.44. The molecular formula is C16H20BrN3O3. The van der Waals surface area contributed by atoms with E-state index in [9.17, 15) is 9.59 Å². The van der Waals surface area contributed by atoms with Gasteiger partial charge in [-0.2, -0.15) is 5.10 Å². The van der Waals surface area contributed by atoms with Crippen molar-refractivity contribution in [2.24, 2.45) is 5.10 Å². The zero-order valence-corrected chi connectivity index (χ0v) is 14.6. The lowest BCUT2D eigenvalue weighted by molar-refractivity contribution is -0.145. The quantitative estimate of drug-likeness (QED) is 0.496. The molecule has 0 aromatic heterocycles. The van der Waals surface area contributed by atoms with Crippen LogP contribution in [-0.2, 0) is 9.59 Å². The molecule has 0 spiro atoms. The van der Waals surface area contributed by atoms with E-state index in [1.54, 1.807) is 18.1 Å². The standard InChI is InChI=1S/C16H20BrN3O3/c1-23-14-7-6-13(17)10-12(14)11-18-19-15(21)16(22)20-8-4-2-3-5-9-20/h6-7,10-11H,2-5,8-9H2,1H3,(H,19,21)/b18-11-. The summed E-state index contributed by atoms with van der Waals surface area (Å²) in [6.07, 6.45) is 5.55. The molecule has 1 aliphatic heterocycles. The lowest BCUT2D eigenvalue weighted by Gasteiger charge is -2.18. The molecule has 1 aromatic carbocycles. The van der Waals surface area contributed by atoms with E-state index >= 15 is 0 Å². The SMILES string of the molecule is COc1ccc(Br)cc1/C=N\NC(=O)C(=O)N1CCCCCC1. The van der Waals surface area contributed by atoms with Crippen LogP contribution in [0.5, 0.6) is 5.75 Å². The fraction of sp³-hybridized carbons (Fsp3) is 0.438. The maximum atomic E-state index is 12.1. The predicted octanol–water partition coefficient (Wildman–Crippen LogP) is 2.31. The van der Waals surface area contributed by atoms with Crippen LogP contribution in [-0.4, -0.2) is 43.1 Å². The van der Waals surface area contributed by atoms with Gasteiger partial charge in [-0.05, 0) is 31.0 Å². The van der Waals surface area contributed by atoms with Crippen molar-refractivity contribution in [3.63, 3.8) is 0 Å². The highest BCUT2D eigenvalue weighted by atomic mass is 79.9. The zero-order valence-electron chi connectivity index (χ0n) is 13.0. The topological polar surface area (TPSA) is 71.0 Å². The van der Waals surface area contributed by atoms with Crippen LogP contribution >= 0.6 is 15.9 Å². The summed E-state index contributed by atoms with van der Waals surface area (Å²) in [5, 5.41) is 3.86. The van der Waals surface area contributed by atoms with E-state index in [1.165, 1.54) is 6.21 Å². The molecule has 7 heteroatoms. The molecule has 1 aromatic rings. The molecule has 0 radical (unpaired) electrons. The molecule has 2 amide bonds. The molecule has 2 rings (SSSR count). The molecule has 0 bridgehead atoms. The summed E-state index contributed by atoms with van der Waals surface area (Å²) >= 11 is 3.36. The van der Waals surface area contributed by atoms with Crippen LogP contribution in [0.15, 0.2) is 27.8 Å². The number of benzene rings is 1. The molecule has 1 heterocycles. The number of methoxy groups -OCH3 is 1. The second-order valence-corrected chi connectivity index (χ2v) is 6.21. The fourth-order valence-corrected chi connectivity index (χ4v) is 2.81. The minimum absolute atomic E-state index is 0.523. The van der Waals surface area contributed by atoms with E-state index in [-0.39, 0.29) is 0 Å². The molecule has 6 nitrogen and oxygen atoms in total. The maximum Gasteiger partial charge on any atom is 0.329 e. The first-order chi connectivity index (χ1) is 11.1. The second-order valence-electron chi connectivity index (χ2n) is 5.29. The van der Waals surface area contributed by atoms with Crippen molar-refractivity contribution in [2.45, 2.75) is 25.7 Å². The van der Waals surface area contributed by atoms with Crippen molar-refractivity contribution >= 4 is 34.0 Å². The molecule has 0 unspecified atom stereocenters. The number of ether oxygens (including phenoxy) is 1. The Labute approximate surface area is 144 Å². The van der Waals surface area contributed by atoms with Crippen molar-refractivity contribution in [3.05, 3.63) is 28.2 Å². The minimum atomic E-state index is -0.711. The van der Waals surface area contributed by atoms with Gasteiger partial charge in [-0.1, -0.05) is 28.8 Å². The van der Waals surface area contributed by atoms with Gasteiger partial charge in [0.05, 0.1) is 13.3 Å². The van der Waals surface area contributed by atoms with Crippen LogP contribution in [0.1, 0.15) is 31.2 Å². The summed E-state index contributed by atoms with van der Waals surface area (Å²) < 4.78 is 6.08. The van der Waals surface area contributed by atoms with E-state index < -0.39 is 11.8 Å². The van der Waals surface area contributed by atoms with Crippen molar-refractivity contribution in [1.29, 1.82) is 0 Å². The second kappa shape index (κ2) is 8.67. The van der Waals surface area contributed by atoms with Gasteiger partial charge in [0.15, 0.2) is 0 Å². The van der Waals surface area contributed by atoms with Crippen molar-refractivity contribution in [1.82, 2.24) is 10.3 Å². The Hall–Kier alpha value is -1.89. The Morgan fingerprint density at radius 1 is 1.26 bits per heavy atom. The third-order valence-electron chi connectivity index (χ3n) is 3.65. The third-order valence-corrected chi connectivity index (χ3v) is 4.14. The monoisotopic (exact) mass is 381 g/mol. The first kappa shape index (κ1) is 17.5. The average molecular weight is 382 g/mol. The van der Waals surface area contributed by atoms with Gasteiger partial charge in [0.25, 0.3) is 0 Å². The number of carbonyl (C=O) groups excluding carboxylic acids is 2. The van der Waals surface area contributed by atoms with Gasteiger partial charge in [-0.3, -0.25) is 9.59 Å². The van der Waals surface area contributed by atoms with Gasteiger partial charge in [0.1, 0.15) is 5.75 Å². The van der Waals surface area contributed by atoms with Gasteiger partial charge in [0, 0.05) is 23.1 Å². The summed E-state index contributed by atoms with van der Waals surface area (Å²) in [6.45, 7) is 1.27. The van der Waals surface area contributed by atoms with Gasteiger partial charge < -0.3 is 9.64 Å². The van der Waals surface area contributed by atoms with Crippen molar-refractivity contribution < 1.29 is 14.3 Å². The first-order valence-electron chi connectivity index (χ1n) is 7.57. The molecule has 0 atom stereocenters. The van der Waals surface area contributed by atoms with Gasteiger partial charge in [0.2, 0.25) is 0 Å². The molecule has 124 valence electrons. The van der Waals surface area contributed by atoms with E-state index in [0.717, 1.165) is 30.2 Å². The van der Waals surface area contributed by atoms with Crippen LogP contribution in [0.3, 0.4) is 0 Å². The van der Waals surface area contributed by atoms with Gasteiger partial charge >= 0.3 is 11.8 Å². The van der Waals surface area contributed by atoms with Crippen LogP contribution in [0.4, 0.5) is 0 Å². The zero-order chi connectivity index (χ0) is 16.7. The third kappa shape index (κ3) is 5.06. The highest BCUT2D eigenvalue weighted by Crippen LogP contribution is 2.21. The Morgan fingerprint density at radius 3 is 2.61 bits per heavy atom. The molecule has 23 heavy (non-hydrogen) atoms. The summed E-state index contributed by atoms with van der Waals surface area (Å²) in [7, 11) is 1.56. The number of amides is 2. The van der Waals surface area contributed by atoms with Crippen LogP contribution in [0.25, 0.3) is 0 Å². The number of rotatable bonds is 3. The van der Waals surface area contributed by atoms with Crippen LogP contribution in [0.2, 0.25) is 0 Å². The Morgan fingerprint density at radius 2 is 1.96 bits per heavy atom. The molecule has 1 fully saturated rings. The average Bonchev–Trinajstić information content (AvgIpc) is 2.83. The van der Waals surface area contributed by atoms with Crippen molar-refractivity contribution in [3.8, 4) is 5.75 Å². The smallest absolute Gasteiger partial charge is 0.329 e. The molecule has 1 aliphatic rings. The maximum absolute atomic E-state index is 12.1. The summed E-state index contributed by atoms with van der Waals surface area (Å²) in [5.41, 5.74) is 2.99. The van der Waals surface area contributed by atoms with Crippen LogP contribution in [0, 0.1) is 0 Å². The van der Waals surface area contributed by atoms with Crippen LogP contribution < -0.4 is 10.2 Å². The predicted molar refractivity (Wildman–Crippen MR) is 91.5 cm³/mol. The minimum Gasteiger partial charge on any atom is -0.496 e. The number of hydrogen-bond acceptors (Lipinski definition) is 4. The molecule has 0 aliphatic carbocycles. The molecule has 0 saturated carbocycles. The van der Waals surface area contributed by atoms with Crippen molar-refractivity contribution in [2.75, 3.05) is 20.2 Å². The van der Waals surface area contributed by atoms with E-state index in [1.807, 2.05) is 12.1 Å². The number of nitrogens with one attached hydrogen (secondary N) is 1. The highest BCUT2D eigenvalue weighted by molar-refractivity contribution is 9.10. The van der Waals surface area contributed by atoms with Gasteiger partial charge in [-0.25, -0.2) is 5.43 Å². The number of halogens is 1. The normalized spacial score (nSPS) is 15.3. The number of carbonyl (C=O) groups is 2. The lowest BCUT2D eigenvalue weighted by atomic mass is 10.2. The number of nitrogens with zero attached hydrogens (tertiary/aromatic N) is 2. The molecule has 1 N–H and O–H groups in total. The van der Waals surface area contributed by atoms with E-state index in [4.69, 9.17) is 4.74 Å². The molecule has 1 saturated heterocycles. The fourth-order valence-electron chi connectivity index (χ4n) is 2.43. The summed E-state index contributed by atoms with van der Waals surface area (Å²) in [5.74, 6) is -0.604. The van der Waals surface area contributed by atoms with E-state index in [0.29, 0.717) is 24.4 Å². The Balaban J connectivity index is 1.95. The first-order valence-corrected chi connectivity index (χ1v) is 8.37. The molecular weight excluding hydrogens is 362 g/mol. The number of hydrogen-bond donors (Lipinski definition) is 1. The Kier molecular flexibility index (Phi) is 6.58. The number of hydrazone groups is 1. The number of likely N-dealkylation sites (tertiary alicyclic amines) is 1. The Bertz CT molecular complexity index is 596. The largest absolute Gasteiger partial charge is 0.496 e. The highest BCUT2D eigenvalue weighted by Gasteiger charge is 2.22. The van der Waals surface area contributed by atoms with Gasteiger partial charge in [-0.15, -0.1) is 0 Å². The van der Waals surface area contributed by atoms with E-state index in [2.05, 4.69) is 26.5 Å². The lowest BCUT2D eigenvalue weighted by Crippen LogP contribution is -2.41. The summed E-state index contributed by atoms with van der Waals surface area (Å²) in [4.78, 5) is 25.6.